The quantitative estimate of drug-likeness (QED) is 0.382. The first-order valence-electron chi connectivity index (χ1n) is 10.6. The van der Waals surface area contributed by atoms with E-state index in [-0.39, 0.29) is 11.0 Å². The number of furan rings is 1. The molecule has 0 aliphatic carbocycles. The molecule has 8 heteroatoms. The number of ether oxygens (including phenoxy) is 1. The highest BCUT2D eigenvalue weighted by Crippen LogP contribution is 2.27. The maximum absolute atomic E-state index is 12.2. The third-order valence-electron chi connectivity index (χ3n) is 5.22. The molecule has 2 N–H and O–H groups in total. The van der Waals surface area contributed by atoms with Gasteiger partial charge in [-0.05, 0) is 73.2 Å². The van der Waals surface area contributed by atoms with Crippen LogP contribution in [0.15, 0.2) is 65.1 Å². The number of amides is 1. The van der Waals surface area contributed by atoms with Gasteiger partial charge >= 0.3 is 0 Å². The summed E-state index contributed by atoms with van der Waals surface area (Å²) in [4.78, 5) is 14.5. The monoisotopic (exact) mass is 481 g/mol. The molecule has 0 bridgehead atoms. The van der Waals surface area contributed by atoms with Gasteiger partial charge in [0.15, 0.2) is 5.11 Å². The number of nitrogens with one attached hydrogen (secondary N) is 2. The van der Waals surface area contributed by atoms with E-state index in [2.05, 4.69) is 15.5 Å². The standard InChI is InChI=1S/C25H24ClN3O3S/c1-17-2-3-18(16-22(17)26)23-10-8-21(32-23)9-11-24(30)28-25(33)27-19-4-6-20(7-5-19)29-12-14-31-15-13-29/h2-11,16H,12-15H2,1H3,(H2,27,28,30,33). The smallest absolute Gasteiger partial charge is 0.250 e. The van der Waals surface area contributed by atoms with Crippen LogP contribution in [0.4, 0.5) is 11.4 Å². The Morgan fingerprint density at radius 3 is 2.58 bits per heavy atom. The Balaban J connectivity index is 1.29. The molecular weight excluding hydrogens is 458 g/mol. The van der Waals surface area contributed by atoms with Crippen LogP contribution < -0.4 is 15.5 Å². The van der Waals surface area contributed by atoms with Crippen molar-refractivity contribution in [2.24, 2.45) is 0 Å². The number of halogens is 1. The normalized spacial score (nSPS) is 13.8. The van der Waals surface area contributed by atoms with Crippen molar-refractivity contribution in [1.82, 2.24) is 5.32 Å². The highest BCUT2D eigenvalue weighted by atomic mass is 35.5. The summed E-state index contributed by atoms with van der Waals surface area (Å²) in [6, 6.07) is 17.3. The number of anilines is 2. The Bertz CT molecular complexity index is 1170. The van der Waals surface area contributed by atoms with Crippen molar-refractivity contribution >= 4 is 52.3 Å². The number of hydrogen-bond acceptors (Lipinski definition) is 5. The van der Waals surface area contributed by atoms with E-state index in [1.807, 2.05) is 55.5 Å². The molecule has 0 unspecified atom stereocenters. The van der Waals surface area contributed by atoms with E-state index in [1.165, 1.54) is 6.08 Å². The Morgan fingerprint density at radius 2 is 1.85 bits per heavy atom. The van der Waals surface area contributed by atoms with E-state index in [1.54, 1.807) is 12.1 Å². The molecule has 1 fully saturated rings. The van der Waals surface area contributed by atoms with Gasteiger partial charge in [0.2, 0.25) is 5.91 Å². The third kappa shape index (κ3) is 6.22. The molecule has 1 amide bonds. The SMILES string of the molecule is Cc1ccc(-c2ccc(C=CC(=O)NC(=S)Nc3ccc(N4CCOCC4)cc3)o2)cc1Cl. The van der Waals surface area contributed by atoms with Crippen LogP contribution in [0, 0.1) is 6.92 Å². The molecule has 33 heavy (non-hydrogen) atoms. The molecule has 4 rings (SSSR count). The van der Waals surface area contributed by atoms with Crippen molar-refractivity contribution in [3.8, 4) is 11.3 Å². The van der Waals surface area contributed by atoms with Crippen LogP contribution in [0.1, 0.15) is 11.3 Å². The van der Waals surface area contributed by atoms with Gasteiger partial charge in [-0.25, -0.2) is 0 Å². The van der Waals surface area contributed by atoms with Gasteiger partial charge < -0.3 is 19.4 Å². The van der Waals surface area contributed by atoms with E-state index in [0.29, 0.717) is 16.5 Å². The van der Waals surface area contributed by atoms with Crippen molar-refractivity contribution in [2.75, 3.05) is 36.5 Å². The summed E-state index contributed by atoms with van der Waals surface area (Å²) in [5.74, 6) is 0.873. The van der Waals surface area contributed by atoms with Crippen LogP contribution in [-0.2, 0) is 9.53 Å². The number of morpholine rings is 1. The first-order chi connectivity index (χ1) is 16.0. The lowest BCUT2D eigenvalue weighted by Gasteiger charge is -2.28. The number of thiocarbonyl (C=S) groups is 1. The minimum atomic E-state index is -0.353. The highest BCUT2D eigenvalue weighted by molar-refractivity contribution is 7.80. The maximum Gasteiger partial charge on any atom is 0.250 e. The predicted molar refractivity (Wildman–Crippen MR) is 137 cm³/mol. The fraction of sp³-hybridized carbons (Fsp3) is 0.200. The number of rotatable bonds is 5. The van der Waals surface area contributed by atoms with Gasteiger partial charge in [-0.1, -0.05) is 23.7 Å². The van der Waals surface area contributed by atoms with Gasteiger partial charge in [0.1, 0.15) is 11.5 Å². The zero-order valence-corrected chi connectivity index (χ0v) is 19.7. The molecule has 1 saturated heterocycles. The molecule has 1 aromatic heterocycles. The van der Waals surface area contributed by atoms with Gasteiger partial charge in [-0.2, -0.15) is 0 Å². The Labute approximate surface area is 203 Å². The molecule has 2 heterocycles. The summed E-state index contributed by atoms with van der Waals surface area (Å²) in [5.41, 5.74) is 3.81. The van der Waals surface area contributed by atoms with E-state index >= 15 is 0 Å². The zero-order chi connectivity index (χ0) is 23.2. The number of nitrogens with zero attached hydrogens (tertiary/aromatic N) is 1. The average molecular weight is 482 g/mol. The molecule has 0 atom stereocenters. The van der Waals surface area contributed by atoms with E-state index < -0.39 is 0 Å². The van der Waals surface area contributed by atoms with Gasteiger partial charge in [0.05, 0.1) is 13.2 Å². The Morgan fingerprint density at radius 1 is 1.09 bits per heavy atom. The van der Waals surface area contributed by atoms with Gasteiger partial charge in [0.25, 0.3) is 0 Å². The van der Waals surface area contributed by atoms with E-state index in [4.69, 9.17) is 33.0 Å². The molecule has 0 saturated carbocycles. The minimum Gasteiger partial charge on any atom is -0.457 e. The second-order valence-electron chi connectivity index (χ2n) is 7.59. The lowest BCUT2D eigenvalue weighted by molar-refractivity contribution is -0.115. The first kappa shape index (κ1) is 23.0. The first-order valence-corrected chi connectivity index (χ1v) is 11.4. The number of aryl methyl sites for hydroxylation is 1. The maximum atomic E-state index is 12.2. The van der Waals surface area contributed by atoms with Crippen molar-refractivity contribution < 1.29 is 13.9 Å². The molecule has 1 aliphatic heterocycles. The highest BCUT2D eigenvalue weighted by Gasteiger charge is 2.11. The van der Waals surface area contributed by atoms with Gasteiger partial charge in [-0.15, -0.1) is 0 Å². The lowest BCUT2D eigenvalue weighted by Crippen LogP contribution is -2.36. The van der Waals surface area contributed by atoms with Crippen LogP contribution in [0.5, 0.6) is 0 Å². The Kier molecular flexibility index (Phi) is 7.44. The molecule has 0 spiro atoms. The number of benzene rings is 2. The number of carbonyl (C=O) groups excluding carboxylic acids is 1. The summed E-state index contributed by atoms with van der Waals surface area (Å²) in [6.07, 6.45) is 2.97. The van der Waals surface area contributed by atoms with Crippen LogP contribution in [0.2, 0.25) is 5.02 Å². The van der Waals surface area contributed by atoms with E-state index in [9.17, 15) is 4.79 Å². The molecule has 0 radical (unpaired) electrons. The molecule has 170 valence electrons. The van der Waals surface area contributed by atoms with Crippen LogP contribution in [0.3, 0.4) is 0 Å². The largest absolute Gasteiger partial charge is 0.457 e. The molecule has 2 aromatic carbocycles. The van der Waals surface area contributed by atoms with Crippen LogP contribution in [0.25, 0.3) is 17.4 Å². The second kappa shape index (κ2) is 10.7. The van der Waals surface area contributed by atoms with Crippen LogP contribution >= 0.6 is 23.8 Å². The van der Waals surface area contributed by atoms with Crippen molar-refractivity contribution in [2.45, 2.75) is 6.92 Å². The summed E-state index contributed by atoms with van der Waals surface area (Å²) in [5, 5.41) is 6.56. The predicted octanol–water partition coefficient (Wildman–Crippen LogP) is 5.27. The van der Waals surface area contributed by atoms with Gasteiger partial charge in [0, 0.05) is 41.1 Å². The molecule has 3 aromatic rings. The minimum absolute atomic E-state index is 0.221. The van der Waals surface area contributed by atoms with Crippen LogP contribution in [-0.4, -0.2) is 37.3 Å². The second-order valence-corrected chi connectivity index (χ2v) is 8.40. The topological polar surface area (TPSA) is 66.7 Å². The third-order valence-corrected chi connectivity index (χ3v) is 5.83. The summed E-state index contributed by atoms with van der Waals surface area (Å²) in [7, 11) is 0. The molecular formula is C25H24ClN3O3S. The summed E-state index contributed by atoms with van der Waals surface area (Å²) >= 11 is 11.4. The number of carbonyl (C=O) groups is 1. The van der Waals surface area contributed by atoms with Crippen molar-refractivity contribution in [3.63, 3.8) is 0 Å². The lowest BCUT2D eigenvalue weighted by atomic mass is 10.1. The van der Waals surface area contributed by atoms with Gasteiger partial charge in [-0.3, -0.25) is 10.1 Å². The molecule has 6 nitrogen and oxygen atoms in total. The average Bonchev–Trinajstić information content (AvgIpc) is 3.30. The zero-order valence-electron chi connectivity index (χ0n) is 18.1. The number of hydrogen-bond donors (Lipinski definition) is 2. The summed E-state index contributed by atoms with van der Waals surface area (Å²) < 4.78 is 11.2. The van der Waals surface area contributed by atoms with Crippen molar-refractivity contribution in [1.29, 1.82) is 0 Å². The summed E-state index contributed by atoms with van der Waals surface area (Å²) in [6.45, 7) is 5.18. The van der Waals surface area contributed by atoms with E-state index in [0.717, 1.165) is 48.8 Å². The Hall–Kier alpha value is -3.13. The molecule has 1 aliphatic rings. The fourth-order valence-corrected chi connectivity index (χ4v) is 3.79. The fourth-order valence-electron chi connectivity index (χ4n) is 3.39. The van der Waals surface area contributed by atoms with Crippen molar-refractivity contribution in [3.05, 3.63) is 77.0 Å².